The van der Waals surface area contributed by atoms with Crippen LogP contribution in [0.4, 0.5) is 5.82 Å². The summed E-state index contributed by atoms with van der Waals surface area (Å²) < 4.78 is 6.31. The molecule has 2 aromatic heterocycles. The molecule has 7 heteroatoms. The quantitative estimate of drug-likeness (QED) is 0.269. The zero-order valence-corrected chi connectivity index (χ0v) is 21.5. The Morgan fingerprint density at radius 3 is 2.21 bits per heavy atom. The minimum absolute atomic E-state index is 0.193. The summed E-state index contributed by atoms with van der Waals surface area (Å²) in [6.07, 6.45) is 3.66. The SMILES string of the molecule is N#Cc1nccc(NC2CCN(Cc3ccc(-c4nc(-c5ccccc5)oc4-c4ccccc4)cc3)CC2)n1. The van der Waals surface area contributed by atoms with Crippen LogP contribution in [0.15, 0.2) is 102 Å². The third-order valence-electron chi connectivity index (χ3n) is 7.01. The Balaban J connectivity index is 1.14. The first-order chi connectivity index (χ1) is 19.2. The molecule has 1 aliphatic heterocycles. The van der Waals surface area contributed by atoms with E-state index < -0.39 is 0 Å². The second-order valence-electron chi connectivity index (χ2n) is 9.70. The van der Waals surface area contributed by atoms with Crippen LogP contribution in [0.5, 0.6) is 0 Å². The molecule has 6 rings (SSSR count). The van der Waals surface area contributed by atoms with E-state index in [4.69, 9.17) is 14.7 Å². The molecule has 3 aromatic carbocycles. The van der Waals surface area contributed by atoms with Crippen molar-refractivity contribution < 1.29 is 4.42 Å². The minimum atomic E-state index is 0.193. The van der Waals surface area contributed by atoms with Gasteiger partial charge in [-0.25, -0.2) is 15.0 Å². The number of nitrogens with zero attached hydrogens (tertiary/aromatic N) is 5. The highest BCUT2D eigenvalue weighted by Crippen LogP contribution is 2.36. The van der Waals surface area contributed by atoms with E-state index in [2.05, 4.69) is 56.6 Å². The summed E-state index contributed by atoms with van der Waals surface area (Å²) in [6, 6.07) is 33.0. The van der Waals surface area contributed by atoms with Crippen LogP contribution < -0.4 is 5.32 Å². The van der Waals surface area contributed by atoms with Gasteiger partial charge in [-0.1, -0.05) is 72.8 Å². The number of anilines is 1. The molecule has 3 heterocycles. The lowest BCUT2D eigenvalue weighted by Crippen LogP contribution is -2.38. The third-order valence-corrected chi connectivity index (χ3v) is 7.01. The first kappa shape index (κ1) is 24.5. The highest BCUT2D eigenvalue weighted by atomic mass is 16.4. The van der Waals surface area contributed by atoms with Crippen molar-refractivity contribution in [3.63, 3.8) is 0 Å². The van der Waals surface area contributed by atoms with Crippen LogP contribution in [-0.2, 0) is 6.54 Å². The van der Waals surface area contributed by atoms with Crippen LogP contribution >= 0.6 is 0 Å². The van der Waals surface area contributed by atoms with Crippen molar-refractivity contribution >= 4 is 5.82 Å². The van der Waals surface area contributed by atoms with Gasteiger partial charge in [-0.2, -0.15) is 5.26 Å². The predicted octanol–water partition coefficient (Wildman–Crippen LogP) is 6.41. The highest BCUT2D eigenvalue weighted by molar-refractivity contribution is 5.79. The lowest BCUT2D eigenvalue weighted by Gasteiger charge is -2.32. The van der Waals surface area contributed by atoms with Crippen molar-refractivity contribution in [1.82, 2.24) is 19.9 Å². The molecule has 192 valence electrons. The van der Waals surface area contributed by atoms with Crippen LogP contribution in [0.25, 0.3) is 34.0 Å². The molecule has 1 fully saturated rings. The van der Waals surface area contributed by atoms with E-state index in [1.807, 2.05) is 60.7 Å². The summed E-state index contributed by atoms with van der Waals surface area (Å²) in [5, 5.41) is 12.5. The number of rotatable bonds is 7. The largest absolute Gasteiger partial charge is 0.435 e. The topological polar surface area (TPSA) is 90.9 Å². The Morgan fingerprint density at radius 2 is 1.51 bits per heavy atom. The number of likely N-dealkylation sites (tertiary alicyclic amines) is 1. The summed E-state index contributed by atoms with van der Waals surface area (Å²) in [7, 11) is 0. The van der Waals surface area contributed by atoms with Crippen LogP contribution in [0.2, 0.25) is 0 Å². The molecule has 1 N–H and O–H groups in total. The second-order valence-corrected chi connectivity index (χ2v) is 9.70. The van der Waals surface area contributed by atoms with E-state index in [9.17, 15) is 0 Å². The van der Waals surface area contributed by atoms with E-state index in [1.165, 1.54) is 5.56 Å². The Bertz CT molecular complexity index is 1570. The maximum absolute atomic E-state index is 9.02. The maximum Gasteiger partial charge on any atom is 0.234 e. The van der Waals surface area contributed by atoms with Gasteiger partial charge >= 0.3 is 0 Å². The van der Waals surface area contributed by atoms with Crippen LogP contribution in [0.1, 0.15) is 24.2 Å². The van der Waals surface area contributed by atoms with Crippen LogP contribution in [0.3, 0.4) is 0 Å². The van der Waals surface area contributed by atoms with Gasteiger partial charge in [0.05, 0.1) is 0 Å². The van der Waals surface area contributed by atoms with E-state index in [0.29, 0.717) is 17.8 Å². The molecular weight excluding hydrogens is 484 g/mol. The standard InChI is InChI=1S/C32H28N6O/c33-21-29-34-18-15-28(36-29)35-27-16-19-38(20-17-27)22-23-11-13-24(14-12-23)30-31(25-7-3-1-4-8-25)39-32(37-30)26-9-5-2-6-10-26/h1-15,18,27H,16-17,19-20,22H2,(H,34,35,36). The van der Waals surface area contributed by atoms with Gasteiger partial charge < -0.3 is 9.73 Å². The molecular formula is C32H28N6O. The molecule has 0 atom stereocenters. The molecule has 0 bridgehead atoms. The summed E-state index contributed by atoms with van der Waals surface area (Å²) in [6.45, 7) is 2.90. The zero-order valence-electron chi connectivity index (χ0n) is 21.5. The normalized spacial score (nSPS) is 14.1. The molecule has 0 aliphatic carbocycles. The van der Waals surface area contributed by atoms with E-state index >= 15 is 0 Å². The Kier molecular flexibility index (Phi) is 7.11. The number of oxazole rings is 1. The fourth-order valence-corrected chi connectivity index (χ4v) is 4.97. The number of hydrogen-bond acceptors (Lipinski definition) is 7. The molecule has 0 amide bonds. The summed E-state index contributed by atoms with van der Waals surface area (Å²) in [4.78, 5) is 15.6. The lowest BCUT2D eigenvalue weighted by atomic mass is 10.0. The molecule has 5 aromatic rings. The minimum Gasteiger partial charge on any atom is -0.435 e. The van der Waals surface area contributed by atoms with Crippen molar-refractivity contribution in [3.05, 3.63) is 109 Å². The summed E-state index contributed by atoms with van der Waals surface area (Å²) in [5.41, 5.74) is 5.12. The van der Waals surface area contributed by atoms with Crippen molar-refractivity contribution in [3.8, 4) is 40.1 Å². The molecule has 1 saturated heterocycles. The Morgan fingerprint density at radius 1 is 0.821 bits per heavy atom. The van der Waals surface area contributed by atoms with Crippen LogP contribution in [-0.4, -0.2) is 39.0 Å². The molecule has 7 nitrogen and oxygen atoms in total. The molecule has 0 saturated carbocycles. The maximum atomic E-state index is 9.02. The van der Waals surface area contributed by atoms with Gasteiger partial charge in [0.15, 0.2) is 5.76 Å². The number of aromatic nitrogens is 3. The van der Waals surface area contributed by atoms with E-state index in [-0.39, 0.29) is 5.82 Å². The zero-order chi connectivity index (χ0) is 26.4. The fraction of sp³-hybridized carbons (Fsp3) is 0.188. The number of hydrogen-bond donors (Lipinski definition) is 1. The Labute approximate surface area is 227 Å². The van der Waals surface area contributed by atoms with Crippen LogP contribution in [0, 0.1) is 11.3 Å². The molecule has 0 unspecified atom stereocenters. The molecule has 0 radical (unpaired) electrons. The number of nitriles is 1. The third kappa shape index (κ3) is 5.71. The first-order valence-electron chi connectivity index (χ1n) is 13.2. The first-order valence-corrected chi connectivity index (χ1v) is 13.2. The van der Waals surface area contributed by atoms with Gasteiger partial charge in [0.2, 0.25) is 11.7 Å². The number of nitrogens with one attached hydrogen (secondary N) is 1. The second kappa shape index (κ2) is 11.3. The van der Waals surface area contributed by atoms with Gasteiger partial charge in [-0.3, -0.25) is 4.90 Å². The van der Waals surface area contributed by atoms with Gasteiger partial charge in [0.1, 0.15) is 17.6 Å². The van der Waals surface area contributed by atoms with Gasteiger partial charge in [0.25, 0.3) is 0 Å². The molecule has 0 spiro atoms. The fourth-order valence-electron chi connectivity index (χ4n) is 4.97. The summed E-state index contributed by atoms with van der Waals surface area (Å²) >= 11 is 0. The number of benzene rings is 3. The monoisotopic (exact) mass is 512 g/mol. The van der Waals surface area contributed by atoms with Crippen molar-refractivity contribution in [2.45, 2.75) is 25.4 Å². The van der Waals surface area contributed by atoms with Gasteiger partial charge in [-0.15, -0.1) is 0 Å². The van der Waals surface area contributed by atoms with Gasteiger partial charge in [-0.05, 0) is 36.6 Å². The predicted molar refractivity (Wildman–Crippen MR) is 151 cm³/mol. The molecule has 1 aliphatic rings. The molecule has 39 heavy (non-hydrogen) atoms. The van der Waals surface area contributed by atoms with E-state index in [1.54, 1.807) is 6.20 Å². The number of piperidine rings is 1. The smallest absolute Gasteiger partial charge is 0.234 e. The summed E-state index contributed by atoms with van der Waals surface area (Å²) in [5.74, 6) is 2.31. The Hall–Kier alpha value is -4.80. The van der Waals surface area contributed by atoms with Crippen molar-refractivity contribution in [2.24, 2.45) is 0 Å². The van der Waals surface area contributed by atoms with Gasteiger partial charge in [0, 0.05) is 48.6 Å². The average molecular weight is 513 g/mol. The van der Waals surface area contributed by atoms with Crippen molar-refractivity contribution in [2.75, 3.05) is 18.4 Å². The van der Waals surface area contributed by atoms with Crippen molar-refractivity contribution in [1.29, 1.82) is 5.26 Å². The van der Waals surface area contributed by atoms with E-state index in [0.717, 1.165) is 60.6 Å². The average Bonchev–Trinajstić information content (AvgIpc) is 3.45. The highest BCUT2D eigenvalue weighted by Gasteiger charge is 2.21. The lowest BCUT2D eigenvalue weighted by molar-refractivity contribution is 0.211.